The maximum absolute atomic E-state index is 12.3. The number of nitro benzene ring substituents is 1. The average Bonchev–Trinajstić information content (AvgIpc) is 2.75. The third-order valence-electron chi connectivity index (χ3n) is 4.32. The van der Waals surface area contributed by atoms with E-state index in [2.05, 4.69) is 10.6 Å². The average molecular weight is 459 g/mol. The Hall–Kier alpha value is -3.66. The number of carbonyl (C=O) groups excluding carboxylic acids is 2. The van der Waals surface area contributed by atoms with Crippen molar-refractivity contribution in [3.63, 3.8) is 0 Å². The summed E-state index contributed by atoms with van der Waals surface area (Å²) in [4.78, 5) is 35.3. The maximum atomic E-state index is 12.3. The lowest BCUT2D eigenvalue weighted by Gasteiger charge is -2.24. The molecule has 178 valence electrons. The monoisotopic (exact) mass is 459 g/mol. The Morgan fingerprint density at radius 2 is 1.79 bits per heavy atom. The molecular weight excluding hydrogens is 430 g/mol. The van der Waals surface area contributed by atoms with Crippen LogP contribution in [0.4, 0.5) is 16.2 Å². The van der Waals surface area contributed by atoms with E-state index < -0.39 is 28.6 Å². The standard InChI is InChI=1S/C23H29N3O7/c1-23(2,3)33-22(28)25-17(15-32-14-16-9-6-5-7-10-16)13-24-20-18(21(27)31-4)11-8-12-19(20)26(29)30/h5-12,17,24H,13-15H2,1-4H3,(H,25,28). The first-order valence-corrected chi connectivity index (χ1v) is 10.3. The molecule has 0 saturated carbocycles. The molecule has 1 atom stereocenters. The first kappa shape index (κ1) is 25.6. The van der Waals surface area contributed by atoms with Gasteiger partial charge < -0.3 is 24.8 Å². The van der Waals surface area contributed by atoms with E-state index >= 15 is 0 Å². The van der Waals surface area contributed by atoms with E-state index in [1.54, 1.807) is 20.8 Å². The number of nitrogens with one attached hydrogen (secondary N) is 2. The van der Waals surface area contributed by atoms with Gasteiger partial charge in [-0.25, -0.2) is 9.59 Å². The number of nitro groups is 1. The summed E-state index contributed by atoms with van der Waals surface area (Å²) < 4.78 is 15.8. The fourth-order valence-electron chi connectivity index (χ4n) is 2.90. The molecule has 2 rings (SSSR count). The molecule has 1 amide bonds. The molecule has 2 aromatic carbocycles. The number of anilines is 1. The van der Waals surface area contributed by atoms with Gasteiger partial charge in [0.2, 0.25) is 0 Å². The number of hydrogen-bond acceptors (Lipinski definition) is 8. The lowest BCUT2D eigenvalue weighted by molar-refractivity contribution is -0.384. The molecule has 0 bridgehead atoms. The summed E-state index contributed by atoms with van der Waals surface area (Å²) in [6.45, 7) is 5.65. The summed E-state index contributed by atoms with van der Waals surface area (Å²) in [5, 5.41) is 17.1. The van der Waals surface area contributed by atoms with Crippen LogP contribution in [0.25, 0.3) is 0 Å². The predicted octanol–water partition coefficient (Wildman–Crippen LogP) is 3.90. The van der Waals surface area contributed by atoms with Crippen LogP contribution in [-0.2, 0) is 20.8 Å². The highest BCUT2D eigenvalue weighted by molar-refractivity contribution is 5.98. The molecule has 33 heavy (non-hydrogen) atoms. The minimum absolute atomic E-state index is 0.00611. The van der Waals surface area contributed by atoms with E-state index in [0.29, 0.717) is 6.61 Å². The third-order valence-corrected chi connectivity index (χ3v) is 4.32. The maximum Gasteiger partial charge on any atom is 0.408 e. The molecule has 0 spiro atoms. The van der Waals surface area contributed by atoms with Crippen LogP contribution in [0.2, 0.25) is 0 Å². The molecule has 0 saturated heterocycles. The van der Waals surface area contributed by atoms with Gasteiger partial charge in [0.1, 0.15) is 11.3 Å². The number of methoxy groups -OCH3 is 1. The van der Waals surface area contributed by atoms with E-state index in [4.69, 9.17) is 14.2 Å². The van der Waals surface area contributed by atoms with Crippen LogP contribution < -0.4 is 10.6 Å². The second kappa shape index (κ2) is 11.8. The lowest BCUT2D eigenvalue weighted by Crippen LogP contribution is -2.45. The number of nitrogens with zero attached hydrogens (tertiary/aromatic N) is 1. The number of carbonyl (C=O) groups is 2. The van der Waals surface area contributed by atoms with Gasteiger partial charge in [-0.05, 0) is 32.4 Å². The van der Waals surface area contributed by atoms with Crippen molar-refractivity contribution in [1.29, 1.82) is 0 Å². The largest absolute Gasteiger partial charge is 0.465 e. The zero-order valence-corrected chi connectivity index (χ0v) is 19.1. The van der Waals surface area contributed by atoms with Crippen molar-refractivity contribution in [3.8, 4) is 0 Å². The zero-order valence-electron chi connectivity index (χ0n) is 19.1. The van der Waals surface area contributed by atoms with Gasteiger partial charge in [-0.3, -0.25) is 10.1 Å². The Bertz CT molecular complexity index is 958. The normalized spacial score (nSPS) is 11.9. The summed E-state index contributed by atoms with van der Waals surface area (Å²) in [6, 6.07) is 13.0. The Balaban J connectivity index is 2.17. The highest BCUT2D eigenvalue weighted by Gasteiger charge is 2.24. The SMILES string of the molecule is COC(=O)c1cccc([N+](=O)[O-])c1NCC(COCc1ccccc1)NC(=O)OC(C)(C)C. The van der Waals surface area contributed by atoms with E-state index in [1.807, 2.05) is 30.3 Å². The van der Waals surface area contributed by atoms with Crippen molar-refractivity contribution in [2.24, 2.45) is 0 Å². The fourth-order valence-corrected chi connectivity index (χ4v) is 2.90. The molecule has 0 aromatic heterocycles. The minimum atomic E-state index is -0.724. The second-order valence-electron chi connectivity index (χ2n) is 8.17. The van der Waals surface area contributed by atoms with Gasteiger partial charge >= 0.3 is 12.1 Å². The van der Waals surface area contributed by atoms with Gasteiger partial charge in [0.05, 0.1) is 36.9 Å². The molecule has 0 fully saturated rings. The van der Waals surface area contributed by atoms with E-state index in [1.165, 1.54) is 25.3 Å². The van der Waals surface area contributed by atoms with E-state index in [9.17, 15) is 19.7 Å². The summed E-state index contributed by atoms with van der Waals surface area (Å²) >= 11 is 0. The number of para-hydroxylation sites is 1. The summed E-state index contributed by atoms with van der Waals surface area (Å²) in [7, 11) is 1.19. The molecule has 10 nitrogen and oxygen atoms in total. The molecule has 10 heteroatoms. The van der Waals surface area contributed by atoms with Crippen LogP contribution in [0.3, 0.4) is 0 Å². The lowest BCUT2D eigenvalue weighted by atomic mass is 10.1. The quantitative estimate of drug-likeness (QED) is 0.311. The van der Waals surface area contributed by atoms with Crippen LogP contribution in [0, 0.1) is 10.1 Å². The molecule has 2 N–H and O–H groups in total. The van der Waals surface area contributed by atoms with Gasteiger partial charge in [-0.1, -0.05) is 36.4 Å². The third kappa shape index (κ3) is 8.41. The number of hydrogen-bond donors (Lipinski definition) is 2. The number of esters is 1. The molecule has 0 heterocycles. The van der Waals surface area contributed by atoms with Gasteiger partial charge in [0, 0.05) is 12.6 Å². The number of ether oxygens (including phenoxy) is 3. The fraction of sp³-hybridized carbons (Fsp3) is 0.391. The van der Waals surface area contributed by atoms with Crippen LogP contribution in [-0.4, -0.2) is 48.9 Å². The summed E-state index contributed by atoms with van der Waals surface area (Å²) in [5.41, 5.74) is -0.0444. The van der Waals surface area contributed by atoms with Crippen LogP contribution in [0.15, 0.2) is 48.5 Å². The number of benzene rings is 2. The summed E-state index contributed by atoms with van der Waals surface area (Å²) in [5.74, 6) is -0.724. The number of amides is 1. The van der Waals surface area contributed by atoms with Gasteiger partial charge in [-0.15, -0.1) is 0 Å². The van der Waals surface area contributed by atoms with Crippen molar-refractivity contribution in [3.05, 3.63) is 69.8 Å². The first-order chi connectivity index (χ1) is 15.6. The first-order valence-electron chi connectivity index (χ1n) is 10.3. The molecule has 0 aliphatic heterocycles. The molecule has 0 aliphatic carbocycles. The van der Waals surface area contributed by atoms with E-state index in [-0.39, 0.29) is 30.1 Å². The van der Waals surface area contributed by atoms with Crippen molar-refractivity contribution in [2.45, 2.75) is 39.0 Å². The molecule has 2 aromatic rings. The summed E-state index contributed by atoms with van der Waals surface area (Å²) in [6.07, 6.45) is -0.659. The van der Waals surface area contributed by atoms with Crippen LogP contribution in [0.5, 0.6) is 0 Å². The Kier molecular flexibility index (Phi) is 9.17. The van der Waals surface area contributed by atoms with Crippen molar-refractivity contribution >= 4 is 23.4 Å². The van der Waals surface area contributed by atoms with Crippen molar-refractivity contribution in [1.82, 2.24) is 5.32 Å². The highest BCUT2D eigenvalue weighted by Crippen LogP contribution is 2.28. The Morgan fingerprint density at radius 3 is 2.39 bits per heavy atom. The molecular formula is C23H29N3O7. The van der Waals surface area contributed by atoms with Crippen molar-refractivity contribution < 1.29 is 28.7 Å². The van der Waals surface area contributed by atoms with Crippen LogP contribution in [0.1, 0.15) is 36.7 Å². The van der Waals surface area contributed by atoms with E-state index in [0.717, 1.165) is 5.56 Å². The van der Waals surface area contributed by atoms with Crippen LogP contribution >= 0.6 is 0 Å². The number of alkyl carbamates (subject to hydrolysis) is 1. The zero-order chi connectivity index (χ0) is 24.4. The molecule has 1 unspecified atom stereocenters. The van der Waals surface area contributed by atoms with Crippen molar-refractivity contribution in [2.75, 3.05) is 25.6 Å². The molecule has 0 aliphatic rings. The Labute approximate surface area is 192 Å². The predicted molar refractivity (Wildman–Crippen MR) is 122 cm³/mol. The number of rotatable bonds is 10. The Morgan fingerprint density at radius 1 is 1.09 bits per heavy atom. The van der Waals surface area contributed by atoms with Gasteiger partial charge in [0.15, 0.2) is 0 Å². The molecule has 0 radical (unpaired) electrons. The highest BCUT2D eigenvalue weighted by atomic mass is 16.6. The van der Waals surface area contributed by atoms with Gasteiger partial charge in [0.25, 0.3) is 5.69 Å². The smallest absolute Gasteiger partial charge is 0.408 e. The minimum Gasteiger partial charge on any atom is -0.465 e. The van der Waals surface area contributed by atoms with Gasteiger partial charge in [-0.2, -0.15) is 0 Å². The topological polar surface area (TPSA) is 129 Å². The second-order valence-corrected chi connectivity index (χ2v) is 8.17.